The van der Waals surface area contributed by atoms with Crippen molar-refractivity contribution in [2.24, 2.45) is 5.73 Å². The molecule has 0 saturated carbocycles. The summed E-state index contributed by atoms with van der Waals surface area (Å²) in [5, 5.41) is 0. The van der Waals surface area contributed by atoms with Crippen LogP contribution in [0.3, 0.4) is 0 Å². The summed E-state index contributed by atoms with van der Waals surface area (Å²) in [5.41, 5.74) is 11.2. The average molecular weight is 182 g/mol. The molecule has 70 valence electrons. The number of primary amides is 1. The first kappa shape index (κ1) is 9.51. The molecule has 0 heterocycles. The van der Waals surface area contributed by atoms with Crippen molar-refractivity contribution in [2.75, 3.05) is 5.73 Å². The molecule has 1 aromatic rings. The quantitative estimate of drug-likeness (QED) is 0.670. The molecule has 1 atom stereocenters. The molecule has 0 radical (unpaired) electrons. The van der Waals surface area contributed by atoms with Crippen LogP contribution >= 0.6 is 0 Å². The fraction of sp³-hybridized carbons (Fsp3) is 0.222. The summed E-state index contributed by atoms with van der Waals surface area (Å²) >= 11 is 0. The molecule has 13 heavy (non-hydrogen) atoms. The van der Waals surface area contributed by atoms with E-state index in [1.807, 2.05) is 0 Å². The third kappa shape index (κ3) is 1.96. The summed E-state index contributed by atoms with van der Waals surface area (Å²) in [4.78, 5) is 10.8. The van der Waals surface area contributed by atoms with Crippen molar-refractivity contribution >= 4 is 11.6 Å². The first-order valence-corrected chi connectivity index (χ1v) is 3.86. The van der Waals surface area contributed by atoms with Crippen LogP contribution in [-0.2, 0) is 4.79 Å². The SMILES string of the molecule is CC(C(N)=O)c1cc(N)ccc1F. The molecule has 0 aliphatic heterocycles. The fourth-order valence-corrected chi connectivity index (χ4v) is 1.05. The van der Waals surface area contributed by atoms with Crippen molar-refractivity contribution in [2.45, 2.75) is 12.8 Å². The lowest BCUT2D eigenvalue weighted by atomic mass is 9.99. The standard InChI is InChI=1S/C9H11FN2O/c1-5(9(12)13)7-4-6(11)2-3-8(7)10/h2-5H,11H2,1H3,(H2,12,13). The Kier molecular flexibility index (Phi) is 2.51. The number of rotatable bonds is 2. The van der Waals surface area contributed by atoms with Gasteiger partial charge in [0.15, 0.2) is 0 Å². The van der Waals surface area contributed by atoms with Crippen molar-refractivity contribution in [1.82, 2.24) is 0 Å². The number of hydrogen-bond donors (Lipinski definition) is 2. The maximum atomic E-state index is 13.1. The highest BCUT2D eigenvalue weighted by Gasteiger charge is 2.15. The number of carbonyl (C=O) groups excluding carboxylic acids is 1. The summed E-state index contributed by atoms with van der Waals surface area (Å²) in [7, 11) is 0. The van der Waals surface area contributed by atoms with Crippen LogP contribution in [-0.4, -0.2) is 5.91 Å². The molecule has 1 unspecified atom stereocenters. The Morgan fingerprint density at radius 2 is 2.15 bits per heavy atom. The highest BCUT2D eigenvalue weighted by molar-refractivity contribution is 5.81. The lowest BCUT2D eigenvalue weighted by Gasteiger charge is -2.09. The molecular weight excluding hydrogens is 171 g/mol. The second-order valence-electron chi connectivity index (χ2n) is 2.91. The lowest BCUT2D eigenvalue weighted by molar-refractivity contribution is -0.119. The van der Waals surface area contributed by atoms with E-state index in [1.54, 1.807) is 6.92 Å². The maximum absolute atomic E-state index is 13.1. The van der Waals surface area contributed by atoms with Gasteiger partial charge in [0.1, 0.15) is 5.82 Å². The second kappa shape index (κ2) is 3.43. The molecule has 1 amide bonds. The molecule has 0 aliphatic carbocycles. The van der Waals surface area contributed by atoms with Crippen molar-refractivity contribution in [3.63, 3.8) is 0 Å². The Bertz CT molecular complexity index is 338. The van der Waals surface area contributed by atoms with Gasteiger partial charge in [0.05, 0.1) is 5.92 Å². The zero-order valence-electron chi connectivity index (χ0n) is 7.25. The molecule has 1 aromatic carbocycles. The van der Waals surface area contributed by atoms with Crippen molar-refractivity contribution in [3.05, 3.63) is 29.6 Å². The molecule has 1 rings (SSSR count). The highest BCUT2D eigenvalue weighted by Crippen LogP contribution is 2.20. The van der Waals surface area contributed by atoms with E-state index in [1.165, 1.54) is 18.2 Å². The minimum Gasteiger partial charge on any atom is -0.399 e. The van der Waals surface area contributed by atoms with Crippen LogP contribution in [0.4, 0.5) is 10.1 Å². The Hall–Kier alpha value is -1.58. The van der Waals surface area contributed by atoms with E-state index >= 15 is 0 Å². The van der Waals surface area contributed by atoms with E-state index in [-0.39, 0.29) is 5.56 Å². The van der Waals surface area contributed by atoms with E-state index < -0.39 is 17.6 Å². The maximum Gasteiger partial charge on any atom is 0.224 e. The summed E-state index contributed by atoms with van der Waals surface area (Å²) in [6.45, 7) is 1.54. The Balaban J connectivity index is 3.12. The molecular formula is C9H11FN2O. The number of benzene rings is 1. The van der Waals surface area contributed by atoms with Crippen LogP contribution in [0, 0.1) is 5.82 Å². The summed E-state index contributed by atoms with van der Waals surface area (Å²) in [6.07, 6.45) is 0. The predicted molar refractivity (Wildman–Crippen MR) is 48.4 cm³/mol. The number of nitrogen functional groups attached to an aromatic ring is 1. The zero-order valence-corrected chi connectivity index (χ0v) is 7.25. The first-order valence-electron chi connectivity index (χ1n) is 3.86. The second-order valence-corrected chi connectivity index (χ2v) is 2.91. The van der Waals surface area contributed by atoms with Crippen molar-refractivity contribution < 1.29 is 9.18 Å². The molecule has 0 saturated heterocycles. The molecule has 0 fully saturated rings. The van der Waals surface area contributed by atoms with E-state index in [2.05, 4.69) is 0 Å². The normalized spacial score (nSPS) is 12.5. The molecule has 0 aliphatic rings. The van der Waals surface area contributed by atoms with Gasteiger partial charge >= 0.3 is 0 Å². The molecule has 0 bridgehead atoms. The van der Waals surface area contributed by atoms with Gasteiger partial charge in [-0.3, -0.25) is 4.79 Å². The number of halogens is 1. The van der Waals surface area contributed by atoms with Crippen LogP contribution < -0.4 is 11.5 Å². The van der Waals surface area contributed by atoms with E-state index in [0.717, 1.165) is 0 Å². The van der Waals surface area contributed by atoms with Gasteiger partial charge in [-0.25, -0.2) is 4.39 Å². The van der Waals surface area contributed by atoms with Gasteiger partial charge in [-0.05, 0) is 25.1 Å². The van der Waals surface area contributed by atoms with Crippen LogP contribution in [0.5, 0.6) is 0 Å². The summed E-state index contributed by atoms with van der Waals surface area (Å²) < 4.78 is 13.1. The first-order chi connectivity index (χ1) is 6.02. The smallest absolute Gasteiger partial charge is 0.224 e. The van der Waals surface area contributed by atoms with E-state index in [4.69, 9.17) is 11.5 Å². The highest BCUT2D eigenvalue weighted by atomic mass is 19.1. The minimum atomic E-state index is -0.650. The van der Waals surface area contributed by atoms with Gasteiger partial charge in [-0.15, -0.1) is 0 Å². The van der Waals surface area contributed by atoms with Crippen LogP contribution in [0.2, 0.25) is 0 Å². The van der Waals surface area contributed by atoms with E-state index in [9.17, 15) is 9.18 Å². The number of hydrogen-bond acceptors (Lipinski definition) is 2. The van der Waals surface area contributed by atoms with Gasteiger partial charge in [0.25, 0.3) is 0 Å². The van der Waals surface area contributed by atoms with Gasteiger partial charge in [-0.1, -0.05) is 0 Å². The van der Waals surface area contributed by atoms with Crippen molar-refractivity contribution in [3.8, 4) is 0 Å². The fourth-order valence-electron chi connectivity index (χ4n) is 1.05. The Morgan fingerprint density at radius 3 is 2.69 bits per heavy atom. The van der Waals surface area contributed by atoms with Gasteiger partial charge < -0.3 is 11.5 Å². The largest absolute Gasteiger partial charge is 0.399 e. The lowest BCUT2D eigenvalue weighted by Crippen LogP contribution is -2.19. The third-order valence-electron chi connectivity index (χ3n) is 1.91. The molecule has 4 N–H and O–H groups in total. The zero-order chi connectivity index (χ0) is 10.0. The third-order valence-corrected chi connectivity index (χ3v) is 1.91. The topological polar surface area (TPSA) is 69.1 Å². The van der Waals surface area contributed by atoms with Gasteiger partial charge in [0, 0.05) is 11.3 Å². The predicted octanol–water partition coefficient (Wildman–Crippen LogP) is 0.997. The minimum absolute atomic E-state index is 0.243. The van der Waals surface area contributed by atoms with Gasteiger partial charge in [-0.2, -0.15) is 0 Å². The number of amides is 1. The number of anilines is 1. The van der Waals surface area contributed by atoms with Crippen molar-refractivity contribution in [1.29, 1.82) is 0 Å². The monoisotopic (exact) mass is 182 g/mol. The van der Waals surface area contributed by atoms with Crippen LogP contribution in [0.25, 0.3) is 0 Å². The molecule has 4 heteroatoms. The van der Waals surface area contributed by atoms with Crippen LogP contribution in [0.1, 0.15) is 18.4 Å². The van der Waals surface area contributed by atoms with E-state index in [0.29, 0.717) is 5.69 Å². The van der Waals surface area contributed by atoms with Gasteiger partial charge in [0.2, 0.25) is 5.91 Å². The Morgan fingerprint density at radius 1 is 1.54 bits per heavy atom. The molecule has 0 aromatic heterocycles. The number of carbonyl (C=O) groups is 1. The Labute approximate surface area is 75.5 Å². The summed E-state index contributed by atoms with van der Waals surface area (Å²) in [6, 6.07) is 4.08. The summed E-state index contributed by atoms with van der Waals surface area (Å²) in [5.74, 6) is -1.67. The van der Waals surface area contributed by atoms with Crippen LogP contribution in [0.15, 0.2) is 18.2 Å². The average Bonchev–Trinajstić information content (AvgIpc) is 2.08. The number of nitrogens with two attached hydrogens (primary N) is 2. The molecule has 0 spiro atoms. The molecule has 3 nitrogen and oxygen atoms in total.